The van der Waals surface area contributed by atoms with Crippen LogP contribution in [0.1, 0.15) is 16.3 Å². The molecule has 2 heterocycles. The molecule has 4 nitrogen and oxygen atoms in total. The van der Waals surface area contributed by atoms with E-state index in [0.717, 1.165) is 16.3 Å². The van der Waals surface area contributed by atoms with Crippen LogP contribution in [0, 0.1) is 6.92 Å². The van der Waals surface area contributed by atoms with E-state index >= 15 is 0 Å². The van der Waals surface area contributed by atoms with Crippen molar-refractivity contribution in [2.45, 2.75) is 19.9 Å². The second-order valence-corrected chi connectivity index (χ2v) is 4.63. The van der Waals surface area contributed by atoms with Gasteiger partial charge in [-0.05, 0) is 24.6 Å². The molecule has 0 aromatic carbocycles. The van der Waals surface area contributed by atoms with Crippen molar-refractivity contribution in [1.29, 1.82) is 0 Å². The summed E-state index contributed by atoms with van der Waals surface area (Å²) in [4.78, 5) is 19.8. The molecule has 88 valence electrons. The first kappa shape index (κ1) is 11.7. The van der Waals surface area contributed by atoms with Crippen molar-refractivity contribution < 1.29 is 4.79 Å². The SMILES string of the molecule is Cc1csc(CC(=O)NCc2ccncc2)n1. The van der Waals surface area contributed by atoms with Crippen molar-refractivity contribution in [1.82, 2.24) is 15.3 Å². The predicted molar refractivity (Wildman–Crippen MR) is 66.6 cm³/mol. The van der Waals surface area contributed by atoms with E-state index < -0.39 is 0 Å². The Balaban J connectivity index is 1.82. The van der Waals surface area contributed by atoms with Crippen LogP contribution in [-0.2, 0) is 17.8 Å². The topological polar surface area (TPSA) is 54.9 Å². The molecule has 2 aromatic heterocycles. The number of pyridine rings is 1. The molecule has 0 radical (unpaired) electrons. The zero-order valence-electron chi connectivity index (χ0n) is 9.51. The average molecular weight is 247 g/mol. The van der Waals surface area contributed by atoms with E-state index in [1.807, 2.05) is 24.4 Å². The first-order valence-electron chi connectivity index (χ1n) is 5.30. The van der Waals surface area contributed by atoms with Gasteiger partial charge in [0.2, 0.25) is 5.91 Å². The monoisotopic (exact) mass is 247 g/mol. The standard InChI is InChI=1S/C12H13N3OS/c1-9-8-17-12(15-9)6-11(16)14-7-10-2-4-13-5-3-10/h2-5,8H,6-7H2,1H3,(H,14,16). The third-order valence-corrected chi connectivity index (χ3v) is 3.18. The summed E-state index contributed by atoms with van der Waals surface area (Å²) in [6, 6.07) is 3.77. The van der Waals surface area contributed by atoms with Gasteiger partial charge in [-0.25, -0.2) is 4.98 Å². The maximum absolute atomic E-state index is 11.6. The summed E-state index contributed by atoms with van der Waals surface area (Å²) in [7, 11) is 0. The van der Waals surface area contributed by atoms with Gasteiger partial charge in [0.1, 0.15) is 5.01 Å². The molecule has 1 N–H and O–H groups in total. The lowest BCUT2D eigenvalue weighted by Crippen LogP contribution is -2.24. The maximum atomic E-state index is 11.6. The summed E-state index contributed by atoms with van der Waals surface area (Å²) in [6.45, 7) is 2.46. The predicted octanol–water partition coefficient (Wildman–Crippen LogP) is 1.71. The molecule has 0 spiro atoms. The van der Waals surface area contributed by atoms with Gasteiger partial charge in [0.25, 0.3) is 0 Å². The highest BCUT2D eigenvalue weighted by Crippen LogP contribution is 2.09. The van der Waals surface area contributed by atoms with E-state index in [1.165, 1.54) is 11.3 Å². The van der Waals surface area contributed by atoms with Crippen LogP contribution in [0.3, 0.4) is 0 Å². The highest BCUT2D eigenvalue weighted by Gasteiger charge is 2.06. The van der Waals surface area contributed by atoms with Crippen LogP contribution in [0.15, 0.2) is 29.9 Å². The fourth-order valence-electron chi connectivity index (χ4n) is 1.39. The van der Waals surface area contributed by atoms with Crippen LogP contribution >= 0.6 is 11.3 Å². The van der Waals surface area contributed by atoms with Crippen molar-refractivity contribution in [3.8, 4) is 0 Å². The largest absolute Gasteiger partial charge is 0.352 e. The van der Waals surface area contributed by atoms with Crippen molar-refractivity contribution in [3.05, 3.63) is 46.2 Å². The lowest BCUT2D eigenvalue weighted by molar-refractivity contribution is -0.120. The molecule has 2 aromatic rings. The Morgan fingerprint density at radius 1 is 1.41 bits per heavy atom. The Bertz CT molecular complexity index is 495. The normalized spacial score (nSPS) is 10.2. The summed E-state index contributed by atoms with van der Waals surface area (Å²) in [5, 5.41) is 5.66. The van der Waals surface area contributed by atoms with Crippen molar-refractivity contribution >= 4 is 17.2 Å². The number of carbonyl (C=O) groups excluding carboxylic acids is 1. The first-order valence-corrected chi connectivity index (χ1v) is 6.18. The van der Waals surface area contributed by atoms with E-state index in [0.29, 0.717) is 13.0 Å². The molecular formula is C12H13N3OS. The van der Waals surface area contributed by atoms with Gasteiger partial charge < -0.3 is 5.32 Å². The molecule has 17 heavy (non-hydrogen) atoms. The highest BCUT2D eigenvalue weighted by atomic mass is 32.1. The van der Waals surface area contributed by atoms with Crippen LogP contribution in [0.2, 0.25) is 0 Å². The third-order valence-electron chi connectivity index (χ3n) is 2.22. The van der Waals surface area contributed by atoms with Crippen LogP contribution in [0.25, 0.3) is 0 Å². The first-order chi connectivity index (χ1) is 8.24. The molecule has 0 bridgehead atoms. The summed E-state index contributed by atoms with van der Waals surface area (Å²) >= 11 is 1.52. The number of thiazole rings is 1. The van der Waals surface area contributed by atoms with Crippen molar-refractivity contribution in [2.75, 3.05) is 0 Å². The van der Waals surface area contributed by atoms with Gasteiger partial charge in [-0.3, -0.25) is 9.78 Å². The minimum atomic E-state index is -0.00355. The minimum Gasteiger partial charge on any atom is -0.352 e. The van der Waals surface area contributed by atoms with Gasteiger partial charge in [-0.2, -0.15) is 0 Å². The van der Waals surface area contributed by atoms with Gasteiger partial charge in [0.15, 0.2) is 0 Å². The molecule has 0 fully saturated rings. The number of hydrogen-bond acceptors (Lipinski definition) is 4. The Labute approximate surface area is 104 Å². The number of nitrogens with one attached hydrogen (secondary N) is 1. The highest BCUT2D eigenvalue weighted by molar-refractivity contribution is 7.09. The molecule has 0 unspecified atom stereocenters. The molecule has 0 saturated heterocycles. The number of carbonyl (C=O) groups is 1. The molecule has 0 saturated carbocycles. The van der Waals surface area contributed by atoms with E-state index in [-0.39, 0.29) is 5.91 Å². The van der Waals surface area contributed by atoms with Crippen LogP contribution in [0.5, 0.6) is 0 Å². The summed E-state index contributed by atoms with van der Waals surface area (Å²) in [5.74, 6) is -0.00355. The molecule has 0 aliphatic rings. The fourth-order valence-corrected chi connectivity index (χ4v) is 2.16. The van der Waals surface area contributed by atoms with Crippen LogP contribution in [-0.4, -0.2) is 15.9 Å². The third kappa shape index (κ3) is 3.64. The summed E-state index contributed by atoms with van der Waals surface area (Å²) in [5.41, 5.74) is 2.01. The lowest BCUT2D eigenvalue weighted by atomic mass is 10.2. The van der Waals surface area contributed by atoms with Gasteiger partial charge >= 0.3 is 0 Å². The summed E-state index contributed by atoms with van der Waals surface area (Å²) < 4.78 is 0. The zero-order valence-corrected chi connectivity index (χ0v) is 10.3. The average Bonchev–Trinajstić information content (AvgIpc) is 2.73. The van der Waals surface area contributed by atoms with Crippen molar-refractivity contribution in [2.24, 2.45) is 0 Å². The minimum absolute atomic E-state index is 0.00355. The second-order valence-electron chi connectivity index (χ2n) is 3.69. The number of aryl methyl sites for hydroxylation is 1. The Kier molecular flexibility index (Phi) is 3.82. The molecular weight excluding hydrogens is 234 g/mol. The number of aromatic nitrogens is 2. The number of hydrogen-bond donors (Lipinski definition) is 1. The molecule has 0 aliphatic heterocycles. The van der Waals surface area contributed by atoms with E-state index in [1.54, 1.807) is 12.4 Å². The van der Waals surface area contributed by atoms with Gasteiger partial charge in [-0.15, -0.1) is 11.3 Å². The summed E-state index contributed by atoms with van der Waals surface area (Å²) in [6.07, 6.45) is 3.78. The smallest absolute Gasteiger partial charge is 0.227 e. The molecule has 0 atom stereocenters. The number of rotatable bonds is 4. The fraction of sp³-hybridized carbons (Fsp3) is 0.250. The second kappa shape index (κ2) is 5.54. The van der Waals surface area contributed by atoms with Crippen molar-refractivity contribution in [3.63, 3.8) is 0 Å². The molecule has 2 rings (SSSR count). The Morgan fingerprint density at radius 3 is 2.82 bits per heavy atom. The number of nitrogens with zero attached hydrogens (tertiary/aromatic N) is 2. The molecule has 5 heteroatoms. The molecule has 0 aliphatic carbocycles. The molecule has 1 amide bonds. The zero-order chi connectivity index (χ0) is 12.1. The van der Waals surface area contributed by atoms with Gasteiger partial charge in [-0.1, -0.05) is 0 Å². The Morgan fingerprint density at radius 2 is 2.18 bits per heavy atom. The van der Waals surface area contributed by atoms with Crippen LogP contribution in [0.4, 0.5) is 0 Å². The Hall–Kier alpha value is -1.75. The van der Waals surface area contributed by atoms with Gasteiger partial charge in [0, 0.05) is 30.0 Å². The number of amides is 1. The van der Waals surface area contributed by atoms with E-state index in [2.05, 4.69) is 15.3 Å². The van der Waals surface area contributed by atoms with Gasteiger partial charge in [0.05, 0.1) is 6.42 Å². The van der Waals surface area contributed by atoms with Crippen LogP contribution < -0.4 is 5.32 Å². The quantitative estimate of drug-likeness (QED) is 0.894. The van der Waals surface area contributed by atoms with E-state index in [9.17, 15) is 4.79 Å². The van der Waals surface area contributed by atoms with E-state index in [4.69, 9.17) is 0 Å². The maximum Gasteiger partial charge on any atom is 0.227 e. The lowest BCUT2D eigenvalue weighted by Gasteiger charge is -2.03.